The number of nitrogens with one attached hydrogen (secondary N) is 1. The molecule has 100 valence electrons. The van der Waals surface area contributed by atoms with E-state index in [-0.39, 0.29) is 0 Å². The van der Waals surface area contributed by atoms with Crippen LogP contribution in [0.3, 0.4) is 0 Å². The lowest BCUT2D eigenvalue weighted by Crippen LogP contribution is -2.63. The van der Waals surface area contributed by atoms with Gasteiger partial charge < -0.3 is 5.32 Å². The van der Waals surface area contributed by atoms with Crippen LogP contribution in [0.1, 0.15) is 32.3 Å². The van der Waals surface area contributed by atoms with E-state index in [0.29, 0.717) is 11.6 Å². The van der Waals surface area contributed by atoms with E-state index in [9.17, 15) is 0 Å². The van der Waals surface area contributed by atoms with Crippen molar-refractivity contribution >= 4 is 0 Å². The maximum absolute atomic E-state index is 3.79. The van der Waals surface area contributed by atoms with Gasteiger partial charge in [-0.25, -0.2) is 0 Å². The van der Waals surface area contributed by atoms with Gasteiger partial charge in [0, 0.05) is 24.7 Å². The fraction of sp³-hybridized carbons (Fsp3) is 0.625. The van der Waals surface area contributed by atoms with E-state index in [4.69, 9.17) is 0 Å². The number of rotatable bonds is 4. The number of piperazine rings is 1. The molecule has 1 N–H and O–H groups in total. The molecule has 1 atom stereocenters. The standard InChI is InChI=1S/C16H26N2/c1-4-16(5-2)13-18(3)15(12-17-16)11-14-9-7-6-8-10-14/h6-10,15,17H,4-5,11-13H2,1-3H3. The topological polar surface area (TPSA) is 15.3 Å². The monoisotopic (exact) mass is 246 g/mol. The third-order valence-electron chi connectivity index (χ3n) is 4.56. The fourth-order valence-electron chi connectivity index (χ4n) is 2.99. The summed E-state index contributed by atoms with van der Waals surface area (Å²) in [6, 6.07) is 11.4. The summed E-state index contributed by atoms with van der Waals surface area (Å²) in [6.07, 6.45) is 3.58. The van der Waals surface area contributed by atoms with Crippen molar-refractivity contribution in [2.75, 3.05) is 20.1 Å². The molecule has 0 aliphatic carbocycles. The SMILES string of the molecule is CCC1(CC)CN(C)C(Cc2ccccc2)CN1. The van der Waals surface area contributed by atoms with E-state index in [1.165, 1.54) is 18.4 Å². The highest BCUT2D eigenvalue weighted by atomic mass is 15.2. The van der Waals surface area contributed by atoms with E-state index in [1.807, 2.05) is 0 Å². The first-order chi connectivity index (χ1) is 8.69. The Hall–Kier alpha value is -0.860. The molecule has 1 saturated heterocycles. The highest BCUT2D eigenvalue weighted by molar-refractivity contribution is 5.16. The van der Waals surface area contributed by atoms with E-state index >= 15 is 0 Å². The van der Waals surface area contributed by atoms with Crippen LogP contribution in [-0.2, 0) is 6.42 Å². The molecule has 0 aromatic heterocycles. The van der Waals surface area contributed by atoms with Crippen molar-refractivity contribution in [2.24, 2.45) is 0 Å². The molecular weight excluding hydrogens is 220 g/mol. The molecular formula is C16H26N2. The third-order valence-corrected chi connectivity index (χ3v) is 4.56. The first-order valence-corrected chi connectivity index (χ1v) is 7.18. The van der Waals surface area contributed by atoms with Crippen LogP contribution >= 0.6 is 0 Å². The molecule has 0 bridgehead atoms. The molecule has 18 heavy (non-hydrogen) atoms. The molecule has 1 fully saturated rings. The van der Waals surface area contributed by atoms with Gasteiger partial charge >= 0.3 is 0 Å². The van der Waals surface area contributed by atoms with Crippen LogP contribution < -0.4 is 5.32 Å². The molecule has 1 aliphatic rings. The fourth-order valence-corrected chi connectivity index (χ4v) is 2.99. The molecule has 1 aromatic rings. The minimum atomic E-state index is 0.335. The lowest BCUT2D eigenvalue weighted by Gasteiger charge is -2.46. The zero-order chi connectivity index (χ0) is 13.0. The van der Waals surface area contributed by atoms with Crippen LogP contribution in [0, 0.1) is 0 Å². The van der Waals surface area contributed by atoms with Crippen molar-refractivity contribution < 1.29 is 0 Å². The Morgan fingerprint density at radius 3 is 2.44 bits per heavy atom. The summed E-state index contributed by atoms with van der Waals surface area (Å²) in [5.41, 5.74) is 1.78. The Labute approximate surface area is 111 Å². The molecule has 0 spiro atoms. The van der Waals surface area contributed by atoms with Crippen molar-refractivity contribution in [1.29, 1.82) is 0 Å². The van der Waals surface area contributed by atoms with E-state index < -0.39 is 0 Å². The minimum absolute atomic E-state index is 0.335. The van der Waals surface area contributed by atoms with E-state index in [0.717, 1.165) is 19.5 Å². The minimum Gasteiger partial charge on any atom is -0.308 e. The Morgan fingerprint density at radius 1 is 1.22 bits per heavy atom. The molecule has 1 aliphatic heterocycles. The first-order valence-electron chi connectivity index (χ1n) is 7.18. The molecule has 2 rings (SSSR count). The molecule has 2 nitrogen and oxygen atoms in total. The summed E-state index contributed by atoms with van der Waals surface area (Å²) in [5.74, 6) is 0. The van der Waals surface area contributed by atoms with Gasteiger partial charge in [0.05, 0.1) is 0 Å². The van der Waals surface area contributed by atoms with Crippen LogP contribution in [0.4, 0.5) is 0 Å². The summed E-state index contributed by atoms with van der Waals surface area (Å²) >= 11 is 0. The highest BCUT2D eigenvalue weighted by Crippen LogP contribution is 2.22. The summed E-state index contributed by atoms with van der Waals surface area (Å²) in [5, 5.41) is 3.79. The average Bonchev–Trinajstić information content (AvgIpc) is 2.42. The second-order valence-corrected chi connectivity index (χ2v) is 5.63. The first kappa shape index (κ1) is 13.6. The van der Waals surface area contributed by atoms with Gasteiger partial charge in [-0.15, -0.1) is 0 Å². The average molecular weight is 246 g/mol. The van der Waals surface area contributed by atoms with Crippen molar-refractivity contribution in [3.05, 3.63) is 35.9 Å². The molecule has 1 heterocycles. The van der Waals surface area contributed by atoms with Crippen molar-refractivity contribution in [2.45, 2.75) is 44.7 Å². The summed E-state index contributed by atoms with van der Waals surface area (Å²) in [6.45, 7) is 6.86. The van der Waals surface area contributed by atoms with Crippen LogP contribution in [0.2, 0.25) is 0 Å². The van der Waals surface area contributed by atoms with Crippen LogP contribution in [0.5, 0.6) is 0 Å². The summed E-state index contributed by atoms with van der Waals surface area (Å²) < 4.78 is 0. The lowest BCUT2D eigenvalue weighted by atomic mass is 9.88. The van der Waals surface area contributed by atoms with Crippen molar-refractivity contribution in [3.63, 3.8) is 0 Å². The smallest absolute Gasteiger partial charge is 0.0304 e. The van der Waals surface area contributed by atoms with Gasteiger partial charge in [-0.05, 0) is 31.9 Å². The van der Waals surface area contributed by atoms with Gasteiger partial charge in [0.25, 0.3) is 0 Å². The quantitative estimate of drug-likeness (QED) is 0.878. The highest BCUT2D eigenvalue weighted by Gasteiger charge is 2.34. The van der Waals surface area contributed by atoms with Gasteiger partial charge in [0.2, 0.25) is 0 Å². The molecule has 0 amide bonds. The second kappa shape index (κ2) is 5.85. The molecule has 1 aromatic carbocycles. The molecule has 0 saturated carbocycles. The van der Waals surface area contributed by atoms with Gasteiger partial charge in [-0.3, -0.25) is 4.90 Å². The van der Waals surface area contributed by atoms with Gasteiger partial charge in [0.1, 0.15) is 0 Å². The largest absolute Gasteiger partial charge is 0.308 e. The predicted octanol–water partition coefficient (Wildman–Crippen LogP) is 2.69. The van der Waals surface area contributed by atoms with Crippen LogP contribution in [0.25, 0.3) is 0 Å². The maximum Gasteiger partial charge on any atom is 0.0304 e. The Balaban J connectivity index is 1.98. The van der Waals surface area contributed by atoms with Gasteiger partial charge in [0.15, 0.2) is 0 Å². The van der Waals surface area contributed by atoms with Gasteiger partial charge in [-0.2, -0.15) is 0 Å². The number of hydrogen-bond donors (Lipinski definition) is 1. The van der Waals surface area contributed by atoms with E-state index in [2.05, 4.69) is 61.4 Å². The lowest BCUT2D eigenvalue weighted by molar-refractivity contribution is 0.0958. The summed E-state index contributed by atoms with van der Waals surface area (Å²) in [4.78, 5) is 2.54. The third kappa shape index (κ3) is 2.93. The molecule has 0 radical (unpaired) electrons. The zero-order valence-corrected chi connectivity index (χ0v) is 11.9. The molecule has 1 unspecified atom stereocenters. The predicted molar refractivity (Wildman–Crippen MR) is 77.9 cm³/mol. The van der Waals surface area contributed by atoms with Crippen molar-refractivity contribution in [3.8, 4) is 0 Å². The van der Waals surface area contributed by atoms with E-state index in [1.54, 1.807) is 0 Å². The normalized spacial score (nSPS) is 24.1. The number of nitrogens with zero attached hydrogens (tertiary/aromatic N) is 1. The van der Waals surface area contributed by atoms with Gasteiger partial charge in [-0.1, -0.05) is 44.2 Å². The maximum atomic E-state index is 3.79. The Morgan fingerprint density at radius 2 is 1.89 bits per heavy atom. The number of benzene rings is 1. The second-order valence-electron chi connectivity index (χ2n) is 5.63. The number of hydrogen-bond acceptors (Lipinski definition) is 2. The van der Waals surface area contributed by atoms with Crippen molar-refractivity contribution in [1.82, 2.24) is 10.2 Å². The zero-order valence-electron chi connectivity index (χ0n) is 11.9. The Bertz CT molecular complexity index is 357. The van der Waals surface area contributed by atoms with Crippen LogP contribution in [-0.4, -0.2) is 36.6 Å². The molecule has 2 heteroatoms. The number of likely N-dealkylation sites (N-methyl/N-ethyl adjacent to an activating group) is 1. The van der Waals surface area contributed by atoms with Crippen LogP contribution in [0.15, 0.2) is 30.3 Å². The summed E-state index contributed by atoms with van der Waals surface area (Å²) in [7, 11) is 2.27. The Kier molecular flexibility index (Phi) is 4.41.